The highest BCUT2D eigenvalue weighted by Crippen LogP contribution is 2.19. The maximum atomic E-state index is 13.2. The number of benzene rings is 2. The van der Waals surface area contributed by atoms with Gasteiger partial charge >= 0.3 is 0 Å². The molecule has 0 aliphatic heterocycles. The van der Waals surface area contributed by atoms with Crippen LogP contribution in [0.3, 0.4) is 0 Å². The lowest BCUT2D eigenvalue weighted by Gasteiger charge is -2.32. The molecule has 1 atom stereocenters. The van der Waals surface area contributed by atoms with E-state index in [4.69, 9.17) is 0 Å². The minimum Gasteiger partial charge on any atom is -0.327 e. The fraction of sp³-hybridized carbons (Fsp3) is 0.238. The van der Waals surface area contributed by atoms with Gasteiger partial charge in [-0.25, -0.2) is 0 Å². The summed E-state index contributed by atoms with van der Waals surface area (Å²) >= 11 is 0. The highest BCUT2D eigenvalue weighted by Gasteiger charge is 2.28. The molecule has 0 aliphatic carbocycles. The summed E-state index contributed by atoms with van der Waals surface area (Å²) in [4.78, 5) is 28.3. The molecule has 0 radical (unpaired) electrons. The molecule has 0 fully saturated rings. The van der Waals surface area contributed by atoms with E-state index in [1.165, 1.54) is 11.8 Å². The van der Waals surface area contributed by atoms with Crippen LogP contribution in [-0.2, 0) is 16.1 Å². The first-order valence-corrected chi connectivity index (χ1v) is 8.33. The second-order valence-corrected chi connectivity index (χ2v) is 5.88. The van der Waals surface area contributed by atoms with Gasteiger partial charge in [0.1, 0.15) is 6.04 Å². The van der Waals surface area contributed by atoms with Crippen molar-refractivity contribution < 1.29 is 9.59 Å². The van der Waals surface area contributed by atoms with Gasteiger partial charge in [0, 0.05) is 19.2 Å². The van der Waals surface area contributed by atoms with Crippen LogP contribution in [0, 0.1) is 0 Å². The van der Waals surface area contributed by atoms with Crippen molar-refractivity contribution in [3.05, 3.63) is 78.9 Å². The van der Waals surface area contributed by atoms with Crippen LogP contribution in [0.2, 0.25) is 0 Å². The van der Waals surface area contributed by atoms with Crippen LogP contribution in [0.25, 0.3) is 0 Å². The molecule has 130 valence electrons. The van der Waals surface area contributed by atoms with E-state index >= 15 is 0 Å². The zero-order valence-corrected chi connectivity index (χ0v) is 14.8. The van der Waals surface area contributed by atoms with Gasteiger partial charge in [0.25, 0.3) is 0 Å². The molecule has 0 bridgehead atoms. The summed E-state index contributed by atoms with van der Waals surface area (Å²) in [5.41, 5.74) is 1.84. The van der Waals surface area contributed by atoms with Crippen LogP contribution >= 0.6 is 0 Å². The zero-order chi connectivity index (χ0) is 18.2. The van der Waals surface area contributed by atoms with Gasteiger partial charge in [0.15, 0.2) is 0 Å². The molecule has 25 heavy (non-hydrogen) atoms. The summed E-state index contributed by atoms with van der Waals surface area (Å²) in [6, 6.07) is 18.8. The van der Waals surface area contributed by atoms with Crippen molar-refractivity contribution >= 4 is 17.5 Å². The van der Waals surface area contributed by atoms with E-state index in [2.05, 4.69) is 6.58 Å². The molecule has 0 heterocycles. The van der Waals surface area contributed by atoms with Crippen LogP contribution in [0.4, 0.5) is 5.69 Å². The van der Waals surface area contributed by atoms with Crippen LogP contribution in [0.1, 0.15) is 19.4 Å². The minimum atomic E-state index is -0.570. The smallest absolute Gasteiger partial charge is 0.249 e. The Morgan fingerprint density at radius 1 is 1.04 bits per heavy atom. The van der Waals surface area contributed by atoms with Crippen LogP contribution in [-0.4, -0.2) is 29.3 Å². The molecule has 0 aliphatic rings. The van der Waals surface area contributed by atoms with E-state index in [0.717, 1.165) is 11.3 Å². The first kappa shape index (κ1) is 18.5. The lowest BCUT2D eigenvalue weighted by atomic mass is 10.1. The molecule has 0 aromatic heterocycles. The van der Waals surface area contributed by atoms with Gasteiger partial charge in [-0.15, -0.1) is 6.58 Å². The van der Waals surface area contributed by atoms with Crippen molar-refractivity contribution in [3.8, 4) is 0 Å². The third kappa shape index (κ3) is 4.80. The summed E-state index contributed by atoms with van der Waals surface area (Å²) < 4.78 is 0. The van der Waals surface area contributed by atoms with Crippen molar-refractivity contribution in [1.29, 1.82) is 0 Å². The molecule has 1 unspecified atom stereocenters. The number of hydrogen-bond acceptors (Lipinski definition) is 2. The standard InChI is InChI=1S/C21H24N2O2/c1-4-15-22(18(3)24)17(2)21(25)23(20-13-9-6-10-14-20)16-19-11-7-5-8-12-19/h4-14,17H,1,15-16H2,2-3H3. The molecule has 4 heteroatoms. The second-order valence-electron chi connectivity index (χ2n) is 5.88. The van der Waals surface area contributed by atoms with E-state index in [0.29, 0.717) is 13.1 Å². The highest BCUT2D eigenvalue weighted by molar-refractivity contribution is 5.98. The molecule has 0 saturated carbocycles. The van der Waals surface area contributed by atoms with Crippen LogP contribution < -0.4 is 4.90 Å². The molecule has 2 amide bonds. The average molecular weight is 336 g/mol. The lowest BCUT2D eigenvalue weighted by Crippen LogP contribution is -2.49. The summed E-state index contributed by atoms with van der Waals surface area (Å²) in [5.74, 6) is -0.263. The quantitative estimate of drug-likeness (QED) is 0.724. The Morgan fingerprint density at radius 2 is 1.60 bits per heavy atom. The van der Waals surface area contributed by atoms with Gasteiger partial charge in [0.2, 0.25) is 11.8 Å². The topological polar surface area (TPSA) is 40.6 Å². The van der Waals surface area contributed by atoms with E-state index < -0.39 is 6.04 Å². The minimum absolute atomic E-state index is 0.118. The zero-order valence-electron chi connectivity index (χ0n) is 14.8. The van der Waals surface area contributed by atoms with Crippen LogP contribution in [0.15, 0.2) is 73.3 Å². The highest BCUT2D eigenvalue weighted by atomic mass is 16.2. The van der Waals surface area contributed by atoms with Gasteiger partial charge in [0.05, 0.1) is 6.54 Å². The number of hydrogen-bond donors (Lipinski definition) is 0. The predicted molar refractivity (Wildman–Crippen MR) is 101 cm³/mol. The Labute approximate surface area is 149 Å². The molecule has 0 saturated heterocycles. The Kier molecular flexibility index (Phi) is 6.52. The number of anilines is 1. The van der Waals surface area contributed by atoms with Crippen molar-refractivity contribution in [2.75, 3.05) is 11.4 Å². The Hall–Kier alpha value is -2.88. The van der Waals surface area contributed by atoms with E-state index in [9.17, 15) is 9.59 Å². The number of carbonyl (C=O) groups excluding carboxylic acids is 2. The summed E-state index contributed by atoms with van der Waals surface area (Å²) in [5, 5.41) is 0. The first-order chi connectivity index (χ1) is 12.0. The maximum absolute atomic E-state index is 13.2. The van der Waals surface area contributed by atoms with Gasteiger partial charge in [-0.1, -0.05) is 54.6 Å². The van der Waals surface area contributed by atoms with E-state index in [1.54, 1.807) is 17.9 Å². The van der Waals surface area contributed by atoms with Crippen molar-refractivity contribution in [1.82, 2.24) is 4.90 Å². The SMILES string of the molecule is C=CCN(C(C)=O)C(C)C(=O)N(Cc1ccccc1)c1ccccc1. The Morgan fingerprint density at radius 3 is 2.12 bits per heavy atom. The van der Waals surface area contributed by atoms with E-state index in [1.807, 2.05) is 60.7 Å². The largest absolute Gasteiger partial charge is 0.327 e. The second kappa shape index (κ2) is 8.83. The van der Waals surface area contributed by atoms with Crippen molar-refractivity contribution in [2.45, 2.75) is 26.4 Å². The summed E-state index contributed by atoms with van der Waals surface area (Å²) in [6.07, 6.45) is 1.63. The third-order valence-electron chi connectivity index (χ3n) is 4.07. The molecular weight excluding hydrogens is 312 g/mol. The fourth-order valence-electron chi connectivity index (χ4n) is 2.73. The van der Waals surface area contributed by atoms with Gasteiger partial charge < -0.3 is 9.80 Å². The molecule has 0 N–H and O–H groups in total. The predicted octanol–water partition coefficient (Wildman–Crippen LogP) is 3.64. The molecular formula is C21H24N2O2. The molecule has 2 rings (SSSR count). The third-order valence-corrected chi connectivity index (χ3v) is 4.07. The number of amides is 2. The molecule has 2 aromatic carbocycles. The van der Waals surface area contributed by atoms with Gasteiger partial charge in [-0.3, -0.25) is 9.59 Å². The molecule has 0 spiro atoms. The van der Waals surface area contributed by atoms with E-state index in [-0.39, 0.29) is 11.8 Å². The summed E-state index contributed by atoms with van der Waals surface area (Å²) in [7, 11) is 0. The van der Waals surface area contributed by atoms with Gasteiger partial charge in [-0.2, -0.15) is 0 Å². The normalized spacial score (nSPS) is 11.4. The number of nitrogens with zero attached hydrogens (tertiary/aromatic N) is 2. The summed E-state index contributed by atoms with van der Waals surface area (Å²) in [6.45, 7) is 7.70. The molecule has 4 nitrogen and oxygen atoms in total. The van der Waals surface area contributed by atoms with Crippen LogP contribution in [0.5, 0.6) is 0 Å². The van der Waals surface area contributed by atoms with Crippen molar-refractivity contribution in [2.24, 2.45) is 0 Å². The first-order valence-electron chi connectivity index (χ1n) is 8.33. The Bertz CT molecular complexity index is 713. The number of para-hydroxylation sites is 1. The Balaban J connectivity index is 2.32. The number of rotatable bonds is 7. The lowest BCUT2D eigenvalue weighted by molar-refractivity contribution is -0.136. The molecule has 2 aromatic rings. The maximum Gasteiger partial charge on any atom is 0.249 e. The van der Waals surface area contributed by atoms with Gasteiger partial charge in [-0.05, 0) is 24.6 Å². The fourth-order valence-corrected chi connectivity index (χ4v) is 2.73. The number of carbonyl (C=O) groups is 2. The average Bonchev–Trinajstić information content (AvgIpc) is 2.64. The van der Waals surface area contributed by atoms with Crippen molar-refractivity contribution in [3.63, 3.8) is 0 Å². The monoisotopic (exact) mass is 336 g/mol.